The number of fused-ring (bicyclic) bond motifs is 1. The molecule has 0 aliphatic heterocycles. The monoisotopic (exact) mass is 246 g/mol. The molecule has 1 aromatic heterocycles. The zero-order valence-electron chi connectivity index (χ0n) is 11.0. The van der Waals surface area contributed by atoms with E-state index in [0.29, 0.717) is 5.52 Å². The Labute approximate surface area is 106 Å². The Morgan fingerprint density at radius 3 is 2.72 bits per heavy atom. The lowest BCUT2D eigenvalue weighted by Gasteiger charge is -2.18. The molecule has 0 saturated carbocycles. The average molecular weight is 246 g/mol. The van der Waals surface area contributed by atoms with Gasteiger partial charge in [0.15, 0.2) is 0 Å². The summed E-state index contributed by atoms with van der Waals surface area (Å²) in [6.45, 7) is 7.42. The molecule has 1 N–H and O–H groups in total. The van der Waals surface area contributed by atoms with Crippen molar-refractivity contribution in [1.82, 2.24) is 9.55 Å². The van der Waals surface area contributed by atoms with Crippen LogP contribution in [0, 0.1) is 5.41 Å². The lowest BCUT2D eigenvalue weighted by molar-refractivity contribution is 0.0699. The first kappa shape index (κ1) is 12.6. The van der Waals surface area contributed by atoms with Gasteiger partial charge in [-0.1, -0.05) is 26.8 Å². The third kappa shape index (κ3) is 2.53. The number of aromatic nitrogens is 2. The Morgan fingerprint density at radius 2 is 2.11 bits per heavy atom. The van der Waals surface area contributed by atoms with Crippen LogP contribution in [-0.2, 0) is 6.54 Å². The van der Waals surface area contributed by atoms with E-state index in [0.717, 1.165) is 18.5 Å². The molecule has 96 valence electrons. The zero-order chi connectivity index (χ0) is 13.3. The third-order valence-corrected chi connectivity index (χ3v) is 2.98. The molecule has 0 atom stereocenters. The number of hydrogen-bond acceptors (Lipinski definition) is 2. The minimum Gasteiger partial charge on any atom is -0.478 e. The van der Waals surface area contributed by atoms with Crippen LogP contribution in [0.15, 0.2) is 24.5 Å². The normalized spacial score (nSPS) is 11.9. The van der Waals surface area contributed by atoms with Crippen LogP contribution in [0.4, 0.5) is 0 Å². The highest BCUT2D eigenvalue weighted by atomic mass is 16.4. The molecule has 0 saturated heterocycles. The van der Waals surface area contributed by atoms with Gasteiger partial charge in [0, 0.05) is 6.54 Å². The SMILES string of the molecule is CC(C)(C)CCn1cnc2c(C(=O)O)cccc21. The van der Waals surface area contributed by atoms with Gasteiger partial charge < -0.3 is 9.67 Å². The second kappa shape index (κ2) is 4.44. The standard InChI is InChI=1S/C14H18N2O2/c1-14(2,3)7-8-16-9-15-12-10(13(17)18)5-4-6-11(12)16/h4-6,9H,7-8H2,1-3H3,(H,17,18). The molecular formula is C14H18N2O2. The predicted molar refractivity (Wildman–Crippen MR) is 70.8 cm³/mol. The number of benzene rings is 1. The van der Waals surface area contributed by atoms with Crippen LogP contribution in [0.25, 0.3) is 11.0 Å². The molecule has 1 aromatic carbocycles. The summed E-state index contributed by atoms with van der Waals surface area (Å²) < 4.78 is 2.02. The smallest absolute Gasteiger partial charge is 0.337 e. The highest BCUT2D eigenvalue weighted by Crippen LogP contribution is 2.22. The summed E-state index contributed by atoms with van der Waals surface area (Å²) in [7, 11) is 0. The van der Waals surface area contributed by atoms with Crippen molar-refractivity contribution in [2.24, 2.45) is 5.41 Å². The van der Waals surface area contributed by atoms with E-state index in [4.69, 9.17) is 5.11 Å². The Kier molecular flexibility index (Phi) is 3.11. The summed E-state index contributed by atoms with van der Waals surface area (Å²) in [6, 6.07) is 5.27. The number of imidazole rings is 1. The van der Waals surface area contributed by atoms with Crippen LogP contribution in [0.1, 0.15) is 37.6 Å². The number of aryl methyl sites for hydroxylation is 1. The Balaban J connectivity index is 2.37. The summed E-state index contributed by atoms with van der Waals surface area (Å²) in [5.41, 5.74) is 1.97. The fourth-order valence-corrected chi connectivity index (χ4v) is 1.90. The van der Waals surface area contributed by atoms with Crippen LogP contribution < -0.4 is 0 Å². The van der Waals surface area contributed by atoms with Gasteiger partial charge in [-0.05, 0) is 24.0 Å². The molecule has 18 heavy (non-hydrogen) atoms. The first-order chi connectivity index (χ1) is 8.38. The third-order valence-electron chi connectivity index (χ3n) is 2.98. The van der Waals surface area contributed by atoms with Crippen molar-refractivity contribution in [2.75, 3.05) is 0 Å². The molecule has 4 nitrogen and oxygen atoms in total. The van der Waals surface area contributed by atoms with Crippen molar-refractivity contribution >= 4 is 17.0 Å². The van der Waals surface area contributed by atoms with Crippen molar-refractivity contribution in [1.29, 1.82) is 0 Å². The van der Waals surface area contributed by atoms with Crippen LogP contribution in [0.2, 0.25) is 0 Å². The molecule has 1 heterocycles. The number of nitrogens with zero attached hydrogens (tertiary/aromatic N) is 2. The van der Waals surface area contributed by atoms with Gasteiger partial charge in [0.05, 0.1) is 17.4 Å². The van der Waals surface area contributed by atoms with Gasteiger partial charge in [-0.15, -0.1) is 0 Å². The Morgan fingerprint density at radius 1 is 1.39 bits per heavy atom. The number of rotatable bonds is 3. The van der Waals surface area contributed by atoms with E-state index in [1.807, 2.05) is 10.6 Å². The summed E-state index contributed by atoms with van der Waals surface area (Å²) in [5, 5.41) is 9.10. The van der Waals surface area contributed by atoms with E-state index in [1.54, 1.807) is 18.5 Å². The van der Waals surface area contributed by atoms with E-state index in [1.165, 1.54) is 0 Å². The van der Waals surface area contributed by atoms with Gasteiger partial charge >= 0.3 is 5.97 Å². The first-order valence-electron chi connectivity index (χ1n) is 6.06. The van der Waals surface area contributed by atoms with Crippen molar-refractivity contribution in [2.45, 2.75) is 33.7 Å². The maximum atomic E-state index is 11.1. The Bertz CT molecular complexity index is 579. The van der Waals surface area contributed by atoms with Crippen LogP contribution >= 0.6 is 0 Å². The predicted octanol–water partition coefficient (Wildman–Crippen LogP) is 3.17. The molecule has 0 aliphatic rings. The lowest BCUT2D eigenvalue weighted by Crippen LogP contribution is -2.09. The van der Waals surface area contributed by atoms with Gasteiger partial charge in [-0.2, -0.15) is 0 Å². The van der Waals surface area contributed by atoms with E-state index >= 15 is 0 Å². The number of carboxylic acid groups (broad SMARTS) is 1. The number of carbonyl (C=O) groups is 1. The highest BCUT2D eigenvalue weighted by molar-refractivity contribution is 6.00. The minimum atomic E-state index is -0.929. The number of carboxylic acids is 1. The van der Waals surface area contributed by atoms with Crippen molar-refractivity contribution in [3.63, 3.8) is 0 Å². The fourth-order valence-electron chi connectivity index (χ4n) is 1.90. The van der Waals surface area contributed by atoms with Gasteiger partial charge in [-0.25, -0.2) is 9.78 Å². The molecule has 0 spiro atoms. The van der Waals surface area contributed by atoms with Gasteiger partial charge in [0.1, 0.15) is 5.52 Å². The molecule has 0 amide bonds. The van der Waals surface area contributed by atoms with Gasteiger partial charge in [-0.3, -0.25) is 0 Å². The zero-order valence-corrected chi connectivity index (χ0v) is 11.0. The molecule has 0 unspecified atom stereocenters. The molecule has 0 fully saturated rings. The highest BCUT2D eigenvalue weighted by Gasteiger charge is 2.14. The van der Waals surface area contributed by atoms with Crippen molar-refractivity contribution < 1.29 is 9.90 Å². The second-order valence-electron chi connectivity index (χ2n) is 5.73. The number of para-hydroxylation sites is 1. The summed E-state index contributed by atoms with van der Waals surface area (Å²) in [4.78, 5) is 15.3. The molecule has 2 aromatic rings. The maximum Gasteiger partial charge on any atom is 0.337 e. The average Bonchev–Trinajstić information content (AvgIpc) is 2.68. The second-order valence-corrected chi connectivity index (χ2v) is 5.73. The van der Waals surface area contributed by atoms with E-state index in [2.05, 4.69) is 25.8 Å². The molecular weight excluding hydrogens is 228 g/mol. The fraction of sp³-hybridized carbons (Fsp3) is 0.429. The first-order valence-corrected chi connectivity index (χ1v) is 6.06. The van der Waals surface area contributed by atoms with E-state index in [-0.39, 0.29) is 11.0 Å². The quantitative estimate of drug-likeness (QED) is 0.905. The molecule has 2 rings (SSSR count). The number of aromatic carboxylic acids is 1. The van der Waals surface area contributed by atoms with E-state index < -0.39 is 5.97 Å². The minimum absolute atomic E-state index is 0.251. The van der Waals surface area contributed by atoms with Gasteiger partial charge in [0.25, 0.3) is 0 Å². The van der Waals surface area contributed by atoms with Crippen molar-refractivity contribution in [3.8, 4) is 0 Å². The van der Waals surface area contributed by atoms with Crippen LogP contribution in [0.3, 0.4) is 0 Å². The van der Waals surface area contributed by atoms with Gasteiger partial charge in [0.2, 0.25) is 0 Å². The molecule has 0 aliphatic carbocycles. The van der Waals surface area contributed by atoms with Crippen LogP contribution in [0.5, 0.6) is 0 Å². The molecule has 0 radical (unpaired) electrons. The number of hydrogen-bond donors (Lipinski definition) is 1. The summed E-state index contributed by atoms with van der Waals surface area (Å²) >= 11 is 0. The van der Waals surface area contributed by atoms with Crippen molar-refractivity contribution in [3.05, 3.63) is 30.1 Å². The Hall–Kier alpha value is -1.84. The van der Waals surface area contributed by atoms with E-state index in [9.17, 15) is 4.79 Å². The summed E-state index contributed by atoms with van der Waals surface area (Å²) in [6.07, 6.45) is 2.75. The van der Waals surface area contributed by atoms with Crippen LogP contribution in [-0.4, -0.2) is 20.6 Å². The maximum absolute atomic E-state index is 11.1. The summed E-state index contributed by atoms with van der Waals surface area (Å²) in [5.74, 6) is -0.929. The molecule has 0 bridgehead atoms. The molecule has 4 heteroatoms. The lowest BCUT2D eigenvalue weighted by atomic mass is 9.92. The topological polar surface area (TPSA) is 55.1 Å². The largest absolute Gasteiger partial charge is 0.478 e.